The topological polar surface area (TPSA) is 238 Å². The van der Waals surface area contributed by atoms with E-state index in [-0.39, 0.29) is 81.7 Å². The number of fused-ring (bicyclic) bond motifs is 5. The fourth-order valence-electron chi connectivity index (χ4n) is 8.88. The van der Waals surface area contributed by atoms with Crippen LogP contribution >= 0.6 is 0 Å². The van der Waals surface area contributed by atoms with E-state index in [9.17, 15) is 38.7 Å². The number of nitrogens with one attached hydrogen (secondary N) is 3. The number of aryl methyl sites for hydroxylation is 1. The summed E-state index contributed by atoms with van der Waals surface area (Å²) in [6, 6.07) is 9.01. The maximum Gasteiger partial charge on any atom is 0.343 e. The van der Waals surface area contributed by atoms with Crippen LogP contribution in [0.15, 0.2) is 47.3 Å². The second kappa shape index (κ2) is 18.7. The van der Waals surface area contributed by atoms with Crippen molar-refractivity contribution in [3.8, 4) is 11.4 Å². The van der Waals surface area contributed by atoms with Crippen LogP contribution < -0.4 is 27.2 Å². The van der Waals surface area contributed by atoms with Crippen molar-refractivity contribution in [3.05, 3.63) is 97.6 Å². The Morgan fingerprint density at radius 2 is 1.69 bits per heavy atom. The SMILES string of the molecule is CC[C@@]1(O)C(=O)OCc2c1cc1n(c2=O)Cc2c-1nc1cc(F)c(C)c3c1c2[C@@H](NC(=O)[C@H](COC(C)(C)C)NC(=O)CCC(=O)[C@H](Cc1ccccc1)NC(=O)CCC(=O)CN)CC3. The highest BCUT2D eigenvalue weighted by atomic mass is 19.1. The third kappa shape index (κ3) is 9.63. The molecular weight excluding hydrogens is 840 g/mol. The molecule has 3 aliphatic rings. The van der Waals surface area contributed by atoms with Crippen molar-refractivity contribution in [1.82, 2.24) is 25.5 Å². The summed E-state index contributed by atoms with van der Waals surface area (Å²) in [6.07, 6.45) is 0.0136. The van der Waals surface area contributed by atoms with Gasteiger partial charge in [0.2, 0.25) is 17.7 Å². The van der Waals surface area contributed by atoms with Gasteiger partial charge in [0.25, 0.3) is 5.56 Å². The number of carbonyl (C=O) groups excluding carboxylic acids is 6. The summed E-state index contributed by atoms with van der Waals surface area (Å²) in [6.45, 7) is 7.97. The third-order valence-corrected chi connectivity index (χ3v) is 12.5. The van der Waals surface area contributed by atoms with Crippen LogP contribution in [0.2, 0.25) is 0 Å². The number of cyclic esters (lactones) is 1. The number of ketones is 2. The molecule has 344 valence electrons. The van der Waals surface area contributed by atoms with Crippen molar-refractivity contribution < 1.29 is 47.7 Å². The van der Waals surface area contributed by atoms with Gasteiger partial charge in [-0.2, -0.15) is 0 Å². The average Bonchev–Trinajstić information content (AvgIpc) is 3.65. The Hall–Kier alpha value is -6.17. The van der Waals surface area contributed by atoms with Crippen LogP contribution in [-0.2, 0) is 69.8 Å². The molecule has 4 aromatic rings. The predicted octanol–water partition coefficient (Wildman–Crippen LogP) is 3.32. The van der Waals surface area contributed by atoms with Crippen molar-refractivity contribution in [1.29, 1.82) is 0 Å². The molecule has 17 heteroatoms. The quantitative estimate of drug-likeness (QED) is 0.0846. The van der Waals surface area contributed by atoms with Gasteiger partial charge in [0.1, 0.15) is 24.2 Å². The molecule has 2 aromatic carbocycles. The molecule has 2 aliphatic heterocycles. The number of hydrogen-bond donors (Lipinski definition) is 5. The van der Waals surface area contributed by atoms with Crippen molar-refractivity contribution >= 4 is 46.2 Å². The van der Waals surface area contributed by atoms with Crippen molar-refractivity contribution in [2.75, 3.05) is 13.2 Å². The molecule has 65 heavy (non-hydrogen) atoms. The second-order valence-electron chi connectivity index (χ2n) is 18.0. The van der Waals surface area contributed by atoms with E-state index >= 15 is 4.39 Å². The maximum atomic E-state index is 15.5. The minimum atomic E-state index is -2.06. The summed E-state index contributed by atoms with van der Waals surface area (Å²) in [5.41, 5.74) is 6.55. The summed E-state index contributed by atoms with van der Waals surface area (Å²) in [5.74, 6) is -3.76. The molecule has 4 heterocycles. The van der Waals surface area contributed by atoms with E-state index in [2.05, 4.69) is 16.0 Å². The van der Waals surface area contributed by atoms with Crippen LogP contribution in [0.5, 0.6) is 0 Å². The molecule has 7 rings (SSSR count). The molecular formula is C48H55FN6O10. The number of rotatable bonds is 17. The number of aromatic nitrogens is 2. The lowest BCUT2D eigenvalue weighted by Gasteiger charge is -2.31. The molecule has 1 aliphatic carbocycles. The first kappa shape index (κ1) is 46.8. The Kier molecular flexibility index (Phi) is 13.5. The molecule has 0 saturated heterocycles. The highest BCUT2D eigenvalue weighted by molar-refractivity contribution is 5.96. The first-order valence-corrected chi connectivity index (χ1v) is 22.0. The molecule has 3 amide bonds. The number of halogens is 1. The zero-order valence-electron chi connectivity index (χ0n) is 37.2. The Labute approximate surface area is 374 Å². The summed E-state index contributed by atoms with van der Waals surface area (Å²) in [7, 11) is 0. The number of Topliss-reactive ketones (excluding diaryl/α,β-unsaturated/α-hetero) is 2. The number of nitrogens with two attached hydrogens (primary N) is 1. The first-order chi connectivity index (χ1) is 30.8. The van der Waals surface area contributed by atoms with Crippen LogP contribution in [0.4, 0.5) is 4.39 Å². The second-order valence-corrected chi connectivity index (χ2v) is 18.0. The maximum absolute atomic E-state index is 15.5. The number of pyridine rings is 2. The monoisotopic (exact) mass is 894 g/mol. The van der Waals surface area contributed by atoms with Crippen LogP contribution in [0.1, 0.15) is 111 Å². The van der Waals surface area contributed by atoms with Gasteiger partial charge >= 0.3 is 5.97 Å². The van der Waals surface area contributed by atoms with E-state index in [0.29, 0.717) is 57.4 Å². The number of benzene rings is 2. The Morgan fingerprint density at radius 3 is 2.37 bits per heavy atom. The van der Waals surface area contributed by atoms with Crippen molar-refractivity contribution in [2.24, 2.45) is 5.73 Å². The smallest absolute Gasteiger partial charge is 0.343 e. The molecule has 16 nitrogen and oxygen atoms in total. The molecule has 4 atom stereocenters. The number of aliphatic hydroxyl groups is 1. The van der Waals surface area contributed by atoms with Gasteiger partial charge in [0.05, 0.1) is 59.8 Å². The van der Waals surface area contributed by atoms with Gasteiger partial charge in [0.15, 0.2) is 11.4 Å². The van der Waals surface area contributed by atoms with Crippen LogP contribution in [0.3, 0.4) is 0 Å². The number of ether oxygens (including phenoxy) is 2. The fourth-order valence-corrected chi connectivity index (χ4v) is 8.88. The molecule has 0 radical (unpaired) electrons. The third-order valence-electron chi connectivity index (χ3n) is 12.5. The van der Waals surface area contributed by atoms with Crippen LogP contribution in [0.25, 0.3) is 22.3 Å². The van der Waals surface area contributed by atoms with Gasteiger partial charge in [-0.3, -0.25) is 28.8 Å². The number of carbonyl (C=O) groups is 6. The zero-order valence-corrected chi connectivity index (χ0v) is 37.2. The Balaban J connectivity index is 1.15. The number of nitrogens with zero attached hydrogens (tertiary/aromatic N) is 2. The molecule has 2 aromatic heterocycles. The molecule has 0 bridgehead atoms. The molecule has 0 spiro atoms. The van der Waals surface area contributed by atoms with Gasteiger partial charge in [-0.05, 0) is 81.7 Å². The highest BCUT2D eigenvalue weighted by Crippen LogP contribution is 2.46. The minimum Gasteiger partial charge on any atom is -0.458 e. The largest absolute Gasteiger partial charge is 0.458 e. The van der Waals surface area contributed by atoms with Crippen LogP contribution in [0, 0.1) is 12.7 Å². The van der Waals surface area contributed by atoms with Crippen molar-refractivity contribution in [3.63, 3.8) is 0 Å². The minimum absolute atomic E-state index is 0.0364. The van der Waals surface area contributed by atoms with Gasteiger partial charge in [0, 0.05) is 48.3 Å². The zero-order chi connectivity index (χ0) is 47.0. The predicted molar refractivity (Wildman–Crippen MR) is 236 cm³/mol. The summed E-state index contributed by atoms with van der Waals surface area (Å²) >= 11 is 0. The van der Waals surface area contributed by atoms with Gasteiger partial charge in [-0.25, -0.2) is 14.2 Å². The normalized spacial score (nSPS) is 18.2. The lowest BCUT2D eigenvalue weighted by molar-refractivity contribution is -0.172. The number of amides is 3. The van der Waals surface area contributed by atoms with E-state index in [1.165, 1.54) is 10.6 Å². The van der Waals surface area contributed by atoms with Gasteiger partial charge in [-0.15, -0.1) is 0 Å². The number of esters is 1. The molecule has 0 saturated carbocycles. The Bertz CT molecular complexity index is 2660. The van der Waals surface area contributed by atoms with E-state index in [1.807, 2.05) is 18.2 Å². The van der Waals surface area contributed by atoms with Crippen molar-refractivity contribution in [2.45, 2.75) is 128 Å². The van der Waals surface area contributed by atoms with E-state index in [4.69, 9.17) is 20.2 Å². The summed E-state index contributed by atoms with van der Waals surface area (Å²) in [5, 5.41) is 20.6. The molecule has 0 unspecified atom stereocenters. The van der Waals surface area contributed by atoms with E-state index < -0.39 is 70.2 Å². The van der Waals surface area contributed by atoms with Crippen LogP contribution in [-0.4, -0.2) is 80.8 Å². The Morgan fingerprint density at radius 1 is 1.00 bits per heavy atom. The molecule has 6 N–H and O–H groups in total. The standard InChI is InChI=1S/C48H55FN6O10/c1-6-48(63)31-19-37-43-29(22-55(37)45(61)30(31)23-64-46(48)62)42-33(14-13-28-25(2)32(49)20-35(53-43)41(28)42)54-44(60)36(24-65-47(3,4)5)52-40(59)17-15-38(57)34(18-26-10-8-7-9-11-26)51-39(58)16-12-27(56)21-50/h7-11,19-20,33-34,36,63H,6,12-18,21-24,50H2,1-5H3,(H,51,58)(H,52,59)(H,54,60)/t33-,34-,36-,48-/m0/s1. The number of hydrogen-bond acceptors (Lipinski definition) is 12. The average molecular weight is 895 g/mol. The van der Waals surface area contributed by atoms with Gasteiger partial charge < -0.3 is 40.8 Å². The summed E-state index contributed by atoms with van der Waals surface area (Å²) < 4.78 is 28.3. The van der Waals surface area contributed by atoms with Gasteiger partial charge in [-0.1, -0.05) is 37.3 Å². The first-order valence-electron chi connectivity index (χ1n) is 22.0. The highest BCUT2D eigenvalue weighted by Gasteiger charge is 2.46. The lowest BCUT2D eigenvalue weighted by Crippen LogP contribution is -2.51. The summed E-state index contributed by atoms with van der Waals surface area (Å²) in [4.78, 5) is 98.0. The fraction of sp³-hybridized carbons (Fsp3) is 0.458. The van der Waals surface area contributed by atoms with E-state index in [0.717, 1.165) is 5.56 Å². The molecule has 0 fully saturated rings. The lowest BCUT2D eigenvalue weighted by atomic mass is 9.81. The van der Waals surface area contributed by atoms with E-state index in [1.54, 1.807) is 52.8 Å².